The van der Waals surface area contributed by atoms with Crippen LogP contribution >= 0.6 is 0 Å². The van der Waals surface area contributed by atoms with Crippen LogP contribution in [0.25, 0.3) is 0 Å². The highest BCUT2D eigenvalue weighted by Gasteiger charge is 2.17. The number of hydrogen-bond donors (Lipinski definition) is 2. The molecule has 2 aromatic heterocycles. The van der Waals surface area contributed by atoms with Crippen LogP contribution in [-0.2, 0) is 16.4 Å². The first-order valence-corrected chi connectivity index (χ1v) is 7.10. The van der Waals surface area contributed by atoms with E-state index in [4.69, 9.17) is 4.74 Å². The van der Waals surface area contributed by atoms with Gasteiger partial charge < -0.3 is 9.72 Å². The average Bonchev–Trinajstić information content (AvgIpc) is 2.89. The first-order valence-electron chi connectivity index (χ1n) is 5.62. The van der Waals surface area contributed by atoms with Crippen LogP contribution in [0, 0.1) is 0 Å². The molecule has 102 valence electrons. The molecule has 2 heterocycles. The van der Waals surface area contributed by atoms with Gasteiger partial charge in [-0.1, -0.05) is 6.92 Å². The number of rotatable bonds is 5. The van der Waals surface area contributed by atoms with E-state index in [2.05, 4.69) is 19.7 Å². The third-order valence-electron chi connectivity index (χ3n) is 2.43. The van der Waals surface area contributed by atoms with Crippen LogP contribution in [0.4, 0.5) is 5.69 Å². The topological polar surface area (TPSA) is 97.0 Å². The molecule has 19 heavy (non-hydrogen) atoms. The molecule has 0 saturated heterocycles. The zero-order valence-electron chi connectivity index (χ0n) is 10.5. The number of aryl methyl sites for hydroxylation is 1. The maximum Gasteiger partial charge on any atom is 0.279 e. The van der Waals surface area contributed by atoms with Gasteiger partial charge in [0, 0.05) is 12.5 Å². The largest absolute Gasteiger partial charge is 0.481 e. The van der Waals surface area contributed by atoms with Gasteiger partial charge in [-0.25, -0.2) is 9.97 Å². The molecular weight excluding hydrogens is 268 g/mol. The smallest absolute Gasteiger partial charge is 0.279 e. The minimum atomic E-state index is -3.67. The number of methoxy groups -OCH3 is 1. The molecule has 0 aliphatic carbocycles. The van der Waals surface area contributed by atoms with E-state index in [1.807, 2.05) is 6.92 Å². The predicted octanol–water partition coefficient (Wildman–Crippen LogP) is 1.18. The van der Waals surface area contributed by atoms with Crippen LogP contribution in [0.15, 0.2) is 29.6 Å². The van der Waals surface area contributed by atoms with Gasteiger partial charge in [-0.15, -0.1) is 0 Å². The van der Waals surface area contributed by atoms with Crippen molar-refractivity contribution in [3.05, 3.63) is 30.4 Å². The second-order valence-corrected chi connectivity index (χ2v) is 5.39. The van der Waals surface area contributed by atoms with E-state index in [0.717, 1.165) is 0 Å². The molecule has 0 aromatic carbocycles. The van der Waals surface area contributed by atoms with E-state index in [1.165, 1.54) is 19.5 Å². The third-order valence-corrected chi connectivity index (χ3v) is 3.72. The number of aromatic nitrogens is 3. The van der Waals surface area contributed by atoms with Crippen LogP contribution in [-0.4, -0.2) is 30.5 Å². The molecule has 0 unspecified atom stereocenters. The van der Waals surface area contributed by atoms with Crippen molar-refractivity contribution in [1.29, 1.82) is 0 Å². The summed E-state index contributed by atoms with van der Waals surface area (Å²) in [7, 11) is -2.18. The molecule has 0 bridgehead atoms. The molecule has 0 aliphatic rings. The third kappa shape index (κ3) is 3.02. The Morgan fingerprint density at radius 2 is 2.11 bits per heavy atom. The summed E-state index contributed by atoms with van der Waals surface area (Å²) in [5.41, 5.74) is 0.355. The first-order chi connectivity index (χ1) is 9.05. The van der Waals surface area contributed by atoms with Crippen molar-refractivity contribution in [3.8, 4) is 5.88 Å². The van der Waals surface area contributed by atoms with Crippen molar-refractivity contribution in [3.63, 3.8) is 0 Å². The van der Waals surface area contributed by atoms with Gasteiger partial charge in [0.2, 0.25) is 5.88 Å². The Hall–Kier alpha value is -2.09. The van der Waals surface area contributed by atoms with Crippen molar-refractivity contribution in [1.82, 2.24) is 15.0 Å². The molecule has 2 aromatic rings. The Labute approximate surface area is 111 Å². The summed E-state index contributed by atoms with van der Waals surface area (Å²) in [5.74, 6) is 1.03. The molecule has 8 heteroatoms. The number of pyridine rings is 1. The standard InChI is InChI=1S/C11H14N4O3S/c1-3-9-12-7-11(14-9)19(16,17)15-8-4-5-10(18-2)13-6-8/h4-7,15H,3H2,1-2H3,(H,12,14). The van der Waals surface area contributed by atoms with Gasteiger partial charge >= 0.3 is 0 Å². The van der Waals surface area contributed by atoms with E-state index < -0.39 is 10.0 Å². The summed E-state index contributed by atoms with van der Waals surface area (Å²) in [6.45, 7) is 1.88. The van der Waals surface area contributed by atoms with E-state index in [1.54, 1.807) is 12.1 Å². The highest BCUT2D eigenvalue weighted by Crippen LogP contribution is 2.16. The average molecular weight is 282 g/mol. The van der Waals surface area contributed by atoms with Crippen LogP contribution in [0.3, 0.4) is 0 Å². The Balaban J connectivity index is 2.20. The van der Waals surface area contributed by atoms with E-state index >= 15 is 0 Å². The molecular formula is C11H14N4O3S. The number of aromatic amines is 1. The molecule has 0 spiro atoms. The lowest BCUT2D eigenvalue weighted by atomic mass is 10.4. The first kappa shape index (κ1) is 13.3. The van der Waals surface area contributed by atoms with E-state index in [9.17, 15) is 8.42 Å². The summed E-state index contributed by atoms with van der Waals surface area (Å²) < 4.78 is 31.4. The van der Waals surface area contributed by atoms with Crippen molar-refractivity contribution >= 4 is 15.7 Å². The van der Waals surface area contributed by atoms with Crippen LogP contribution in [0.2, 0.25) is 0 Å². The Bertz CT molecular complexity index is 649. The Morgan fingerprint density at radius 1 is 1.32 bits per heavy atom. The Kier molecular flexibility index (Phi) is 3.70. The SMILES string of the molecule is CCc1ncc(S(=O)(=O)Nc2ccc(OC)nc2)[nH]1. The summed E-state index contributed by atoms with van der Waals surface area (Å²) in [6, 6.07) is 3.14. The quantitative estimate of drug-likeness (QED) is 0.858. The summed E-state index contributed by atoms with van der Waals surface area (Å²) in [4.78, 5) is 10.6. The summed E-state index contributed by atoms with van der Waals surface area (Å²) in [6.07, 6.45) is 3.31. The molecule has 2 rings (SSSR count). The van der Waals surface area contributed by atoms with E-state index in [0.29, 0.717) is 23.8 Å². The number of ether oxygens (including phenoxy) is 1. The molecule has 0 fully saturated rings. The van der Waals surface area contributed by atoms with Gasteiger partial charge in [-0.3, -0.25) is 4.72 Å². The predicted molar refractivity (Wildman–Crippen MR) is 69.6 cm³/mol. The maximum atomic E-state index is 12.0. The van der Waals surface area contributed by atoms with E-state index in [-0.39, 0.29) is 5.03 Å². The number of nitrogens with one attached hydrogen (secondary N) is 2. The van der Waals surface area contributed by atoms with Crippen molar-refractivity contribution in [2.24, 2.45) is 0 Å². The zero-order chi connectivity index (χ0) is 13.9. The number of sulfonamides is 1. The number of anilines is 1. The van der Waals surface area contributed by atoms with Gasteiger partial charge in [0.25, 0.3) is 10.0 Å². The van der Waals surface area contributed by atoms with Crippen LogP contribution in [0.5, 0.6) is 5.88 Å². The lowest BCUT2D eigenvalue weighted by Gasteiger charge is -2.06. The molecule has 2 N–H and O–H groups in total. The molecule has 0 amide bonds. The molecule has 0 saturated carbocycles. The minimum absolute atomic E-state index is 0.0279. The number of nitrogens with zero attached hydrogens (tertiary/aromatic N) is 2. The Morgan fingerprint density at radius 3 is 2.63 bits per heavy atom. The van der Waals surface area contributed by atoms with Gasteiger partial charge in [0.05, 0.1) is 25.2 Å². The fraction of sp³-hybridized carbons (Fsp3) is 0.273. The normalized spacial score (nSPS) is 11.3. The van der Waals surface area contributed by atoms with Gasteiger partial charge in [-0.05, 0) is 6.07 Å². The summed E-state index contributed by atoms with van der Waals surface area (Å²) in [5, 5.41) is 0.0279. The monoisotopic (exact) mass is 282 g/mol. The van der Waals surface area contributed by atoms with Crippen molar-refractivity contribution < 1.29 is 13.2 Å². The molecule has 0 atom stereocenters. The van der Waals surface area contributed by atoms with Crippen molar-refractivity contribution in [2.75, 3.05) is 11.8 Å². The summed E-state index contributed by atoms with van der Waals surface area (Å²) >= 11 is 0. The lowest BCUT2D eigenvalue weighted by molar-refractivity contribution is 0.398. The number of H-pyrrole nitrogens is 1. The second-order valence-electron chi connectivity index (χ2n) is 3.74. The lowest BCUT2D eigenvalue weighted by Crippen LogP contribution is -2.13. The highest BCUT2D eigenvalue weighted by molar-refractivity contribution is 7.92. The van der Waals surface area contributed by atoms with Crippen molar-refractivity contribution in [2.45, 2.75) is 18.4 Å². The number of hydrogen-bond acceptors (Lipinski definition) is 5. The van der Waals surface area contributed by atoms with Gasteiger partial charge in [-0.2, -0.15) is 8.42 Å². The fourth-order valence-electron chi connectivity index (χ4n) is 1.43. The maximum absolute atomic E-state index is 12.0. The van der Waals surface area contributed by atoms with Crippen LogP contribution in [0.1, 0.15) is 12.7 Å². The number of imidazole rings is 1. The molecule has 0 radical (unpaired) electrons. The van der Waals surface area contributed by atoms with Crippen LogP contribution < -0.4 is 9.46 Å². The minimum Gasteiger partial charge on any atom is -0.481 e. The fourth-order valence-corrected chi connectivity index (χ4v) is 2.42. The molecule has 7 nitrogen and oxygen atoms in total. The van der Waals surface area contributed by atoms with Gasteiger partial charge in [0.1, 0.15) is 5.82 Å². The van der Waals surface area contributed by atoms with Gasteiger partial charge in [0.15, 0.2) is 5.03 Å². The highest BCUT2D eigenvalue weighted by atomic mass is 32.2. The molecule has 0 aliphatic heterocycles. The zero-order valence-corrected chi connectivity index (χ0v) is 11.4. The second kappa shape index (κ2) is 5.27.